The zero-order valence-electron chi connectivity index (χ0n) is 16.7. The van der Waals surface area contributed by atoms with E-state index in [1.165, 1.54) is 47.0 Å². The first kappa shape index (κ1) is 22.7. The number of anilines is 2. The van der Waals surface area contributed by atoms with Gasteiger partial charge in [0, 0.05) is 0 Å². The summed E-state index contributed by atoms with van der Waals surface area (Å²) in [4.78, 5) is 12.6. The van der Waals surface area contributed by atoms with Gasteiger partial charge in [-0.25, -0.2) is 8.42 Å². The summed E-state index contributed by atoms with van der Waals surface area (Å²) >= 11 is 7.36. The molecule has 162 valence electrons. The predicted octanol–water partition coefficient (Wildman–Crippen LogP) is 4.14. The number of halogens is 1. The highest BCUT2D eigenvalue weighted by Gasteiger charge is 2.26. The lowest BCUT2D eigenvalue weighted by molar-refractivity contribution is 0.102. The Morgan fingerprint density at radius 2 is 1.97 bits per heavy atom. The molecule has 3 rings (SSSR count). The molecule has 1 heterocycles. The van der Waals surface area contributed by atoms with Crippen LogP contribution in [0.2, 0.25) is 5.02 Å². The second-order valence-electron chi connectivity index (χ2n) is 6.24. The molecule has 0 saturated heterocycles. The Hall–Kier alpha value is -2.95. The Bertz CT molecular complexity index is 1210. The van der Waals surface area contributed by atoms with Gasteiger partial charge in [-0.05, 0) is 49.4 Å². The number of ether oxygens (including phenoxy) is 1. The molecule has 0 aliphatic heterocycles. The fourth-order valence-corrected chi connectivity index (χ4v) is 4.94. The van der Waals surface area contributed by atoms with E-state index in [0.717, 1.165) is 0 Å². The highest BCUT2D eigenvalue weighted by Crippen LogP contribution is 2.28. The number of amides is 1. The molecule has 31 heavy (non-hydrogen) atoms. The van der Waals surface area contributed by atoms with E-state index in [1.54, 1.807) is 31.2 Å². The standard InChI is InChI=1S/C20H19ClN4O4S2/c1-4-11-25(14-5-7-15(29-3)8-6-14)31(27,28)16-9-10-18(21)17(12-16)19(26)22-20-24-23-13(2)30-20/h4-10,12H,1,11H2,2-3H3,(H,22,24,26). The second kappa shape index (κ2) is 9.46. The summed E-state index contributed by atoms with van der Waals surface area (Å²) < 4.78 is 33.1. The Morgan fingerprint density at radius 3 is 2.55 bits per heavy atom. The van der Waals surface area contributed by atoms with Crippen molar-refractivity contribution >= 4 is 49.7 Å². The maximum absolute atomic E-state index is 13.4. The normalized spacial score (nSPS) is 11.1. The van der Waals surface area contributed by atoms with Gasteiger partial charge in [-0.1, -0.05) is 29.0 Å². The van der Waals surface area contributed by atoms with E-state index in [4.69, 9.17) is 16.3 Å². The van der Waals surface area contributed by atoms with Crippen LogP contribution in [-0.4, -0.2) is 38.2 Å². The number of methoxy groups -OCH3 is 1. The molecule has 0 atom stereocenters. The Balaban J connectivity index is 1.97. The predicted molar refractivity (Wildman–Crippen MR) is 122 cm³/mol. The molecule has 1 amide bonds. The lowest BCUT2D eigenvalue weighted by Crippen LogP contribution is -2.31. The van der Waals surface area contributed by atoms with Gasteiger partial charge in [0.15, 0.2) is 0 Å². The molecule has 8 nitrogen and oxygen atoms in total. The summed E-state index contributed by atoms with van der Waals surface area (Å²) in [6.07, 6.45) is 1.48. The van der Waals surface area contributed by atoms with Crippen molar-refractivity contribution in [1.29, 1.82) is 0 Å². The van der Waals surface area contributed by atoms with Crippen LogP contribution in [0.3, 0.4) is 0 Å². The van der Waals surface area contributed by atoms with Gasteiger partial charge in [-0.15, -0.1) is 16.8 Å². The number of benzene rings is 2. The molecule has 2 aromatic carbocycles. The lowest BCUT2D eigenvalue weighted by atomic mass is 10.2. The van der Waals surface area contributed by atoms with Gasteiger partial charge in [0.1, 0.15) is 10.8 Å². The van der Waals surface area contributed by atoms with Crippen LogP contribution in [-0.2, 0) is 10.0 Å². The van der Waals surface area contributed by atoms with E-state index in [1.807, 2.05) is 0 Å². The maximum Gasteiger partial charge on any atom is 0.264 e. The number of carbonyl (C=O) groups excluding carboxylic acids is 1. The highest BCUT2D eigenvalue weighted by atomic mass is 35.5. The molecular weight excluding hydrogens is 460 g/mol. The third-order valence-corrected chi connectivity index (χ3v) is 7.05. The molecular formula is C20H19ClN4O4S2. The molecule has 11 heteroatoms. The van der Waals surface area contributed by atoms with Crippen LogP contribution in [0, 0.1) is 6.92 Å². The maximum atomic E-state index is 13.4. The highest BCUT2D eigenvalue weighted by molar-refractivity contribution is 7.92. The van der Waals surface area contributed by atoms with Gasteiger partial charge in [-0.2, -0.15) is 0 Å². The van der Waals surface area contributed by atoms with Crippen molar-refractivity contribution in [2.24, 2.45) is 0 Å². The van der Waals surface area contributed by atoms with Crippen LogP contribution in [0.4, 0.5) is 10.8 Å². The summed E-state index contributed by atoms with van der Waals surface area (Å²) in [7, 11) is -2.50. The van der Waals surface area contributed by atoms with Gasteiger partial charge >= 0.3 is 0 Å². The summed E-state index contributed by atoms with van der Waals surface area (Å²) in [5, 5.41) is 11.3. The molecule has 0 saturated carbocycles. The van der Waals surface area contributed by atoms with Crippen molar-refractivity contribution in [2.45, 2.75) is 11.8 Å². The minimum atomic E-state index is -4.02. The van der Waals surface area contributed by atoms with E-state index in [2.05, 4.69) is 22.1 Å². The molecule has 0 spiro atoms. The first-order valence-corrected chi connectivity index (χ1v) is 11.6. The molecule has 3 aromatic rings. The number of nitrogens with zero attached hydrogens (tertiary/aromatic N) is 3. The van der Waals surface area contributed by atoms with Crippen molar-refractivity contribution in [2.75, 3.05) is 23.3 Å². The molecule has 0 aliphatic rings. The first-order chi connectivity index (χ1) is 14.8. The Labute approximate surface area is 189 Å². The van der Waals surface area contributed by atoms with Crippen LogP contribution >= 0.6 is 22.9 Å². The monoisotopic (exact) mass is 478 g/mol. The number of sulfonamides is 1. The third-order valence-electron chi connectivity index (χ3n) is 4.17. The van der Waals surface area contributed by atoms with E-state index < -0.39 is 15.9 Å². The zero-order valence-corrected chi connectivity index (χ0v) is 19.1. The van der Waals surface area contributed by atoms with Crippen molar-refractivity contribution in [3.63, 3.8) is 0 Å². The molecule has 1 aromatic heterocycles. The number of carbonyl (C=O) groups is 1. The minimum Gasteiger partial charge on any atom is -0.497 e. The van der Waals surface area contributed by atoms with Gasteiger partial charge in [0.05, 0.1) is 34.8 Å². The average molecular weight is 479 g/mol. The van der Waals surface area contributed by atoms with E-state index in [9.17, 15) is 13.2 Å². The molecule has 0 aliphatic carbocycles. The number of hydrogen-bond donors (Lipinski definition) is 1. The van der Waals surface area contributed by atoms with E-state index in [0.29, 0.717) is 21.6 Å². The summed E-state index contributed by atoms with van der Waals surface area (Å²) in [6, 6.07) is 10.5. The number of rotatable bonds is 8. The Morgan fingerprint density at radius 1 is 1.26 bits per heavy atom. The Kier molecular flexibility index (Phi) is 6.94. The average Bonchev–Trinajstić information content (AvgIpc) is 3.16. The van der Waals surface area contributed by atoms with Gasteiger partial charge in [-0.3, -0.25) is 14.4 Å². The number of nitrogens with one attached hydrogen (secondary N) is 1. The zero-order chi connectivity index (χ0) is 22.6. The molecule has 0 unspecified atom stereocenters. The van der Waals surface area contributed by atoms with Crippen LogP contribution in [0.5, 0.6) is 5.75 Å². The van der Waals surface area contributed by atoms with Crippen molar-refractivity contribution < 1.29 is 17.9 Å². The van der Waals surface area contributed by atoms with Crippen molar-refractivity contribution in [3.8, 4) is 5.75 Å². The number of aromatic nitrogens is 2. The van der Waals surface area contributed by atoms with Gasteiger partial charge in [0.25, 0.3) is 15.9 Å². The van der Waals surface area contributed by atoms with E-state index >= 15 is 0 Å². The molecule has 1 N–H and O–H groups in total. The van der Waals surface area contributed by atoms with Crippen LogP contribution in [0.25, 0.3) is 0 Å². The van der Waals surface area contributed by atoms with Crippen LogP contribution in [0.1, 0.15) is 15.4 Å². The smallest absolute Gasteiger partial charge is 0.264 e. The summed E-state index contributed by atoms with van der Waals surface area (Å²) in [6.45, 7) is 5.43. The number of aryl methyl sites for hydroxylation is 1. The molecule has 0 bridgehead atoms. The first-order valence-electron chi connectivity index (χ1n) is 8.95. The van der Waals surface area contributed by atoms with E-state index in [-0.39, 0.29) is 22.0 Å². The van der Waals surface area contributed by atoms with Crippen LogP contribution < -0.4 is 14.4 Å². The van der Waals surface area contributed by atoms with Crippen molar-refractivity contribution in [3.05, 3.63) is 70.7 Å². The largest absolute Gasteiger partial charge is 0.497 e. The minimum absolute atomic E-state index is 0.00359. The molecule has 0 radical (unpaired) electrons. The second-order valence-corrected chi connectivity index (χ2v) is 9.70. The third kappa shape index (κ3) is 5.04. The fourth-order valence-electron chi connectivity index (χ4n) is 2.69. The van der Waals surface area contributed by atoms with Crippen molar-refractivity contribution in [1.82, 2.24) is 10.2 Å². The summed E-state index contributed by atoms with van der Waals surface area (Å²) in [5.74, 6) is 0.00924. The lowest BCUT2D eigenvalue weighted by Gasteiger charge is -2.23. The summed E-state index contributed by atoms with van der Waals surface area (Å²) in [5.41, 5.74) is 0.426. The van der Waals surface area contributed by atoms with Crippen LogP contribution in [0.15, 0.2) is 60.0 Å². The SMILES string of the molecule is C=CCN(c1ccc(OC)cc1)S(=O)(=O)c1ccc(Cl)c(C(=O)Nc2nnc(C)s2)c1. The number of hydrogen-bond acceptors (Lipinski definition) is 7. The quantitative estimate of drug-likeness (QED) is 0.488. The molecule has 0 fully saturated rings. The fraction of sp³-hybridized carbons (Fsp3) is 0.150. The van der Waals surface area contributed by atoms with Gasteiger partial charge < -0.3 is 4.74 Å². The van der Waals surface area contributed by atoms with Gasteiger partial charge in [0.2, 0.25) is 5.13 Å². The topological polar surface area (TPSA) is 101 Å².